The molecule has 0 aliphatic carbocycles. The van der Waals surface area contributed by atoms with Gasteiger partial charge in [0, 0.05) is 0 Å². The Balaban J connectivity index is 5.30. The fraction of sp³-hybridized carbons (Fsp3) is 0.947. The van der Waals surface area contributed by atoms with Gasteiger partial charge in [-0.3, -0.25) is 9.36 Å². The van der Waals surface area contributed by atoms with Gasteiger partial charge >= 0.3 is 13.6 Å². The maximum Gasteiger partial charge on any atom is 0.344 e. The van der Waals surface area contributed by atoms with E-state index in [1.165, 1.54) is 0 Å². The Labute approximate surface area is 172 Å². The Bertz CT molecular complexity index is 509. The number of rotatable bonds is 13. The van der Waals surface area contributed by atoms with Crippen molar-refractivity contribution < 1.29 is 32.7 Å². The molecule has 7 nitrogen and oxygen atoms in total. The fourth-order valence-corrected chi connectivity index (χ4v) is 5.45. The number of hydrogen-bond acceptors (Lipinski definition) is 7. The van der Waals surface area contributed by atoms with Gasteiger partial charge in [-0.25, -0.2) is 0 Å². The quantitative estimate of drug-likeness (QED) is 0.254. The van der Waals surface area contributed by atoms with Crippen LogP contribution in [0.5, 0.6) is 0 Å². The Hall–Kier alpha value is -0.243. The van der Waals surface area contributed by atoms with Crippen LogP contribution in [0.2, 0.25) is 18.1 Å². The number of ether oxygens (including phenoxy) is 1. The molecule has 0 aliphatic heterocycles. The van der Waals surface area contributed by atoms with E-state index >= 15 is 0 Å². The Morgan fingerprint density at radius 3 is 1.96 bits per heavy atom. The van der Waals surface area contributed by atoms with Crippen LogP contribution in [0.25, 0.3) is 0 Å². The first-order valence-electron chi connectivity index (χ1n) is 10.1. The maximum atomic E-state index is 13.2. The van der Waals surface area contributed by atoms with Gasteiger partial charge in [0.15, 0.2) is 14.0 Å². The highest BCUT2D eigenvalue weighted by molar-refractivity contribution is 7.55. The summed E-state index contributed by atoms with van der Waals surface area (Å²) in [6.45, 7) is 18.1. The van der Waals surface area contributed by atoms with E-state index in [0.29, 0.717) is 0 Å². The van der Waals surface area contributed by atoms with Gasteiger partial charge in [0.1, 0.15) is 0 Å². The fourth-order valence-electron chi connectivity index (χ4n) is 2.35. The molecule has 0 bridgehead atoms. The molecule has 0 saturated heterocycles. The predicted molar refractivity (Wildman–Crippen MR) is 114 cm³/mol. The van der Waals surface area contributed by atoms with Crippen molar-refractivity contribution in [2.75, 3.05) is 26.4 Å². The van der Waals surface area contributed by atoms with Gasteiger partial charge in [-0.2, -0.15) is 0 Å². The van der Waals surface area contributed by atoms with Gasteiger partial charge in [0.25, 0.3) is 0 Å². The van der Waals surface area contributed by atoms with E-state index in [0.717, 1.165) is 0 Å². The molecule has 9 heteroatoms. The van der Waals surface area contributed by atoms with E-state index in [1.54, 1.807) is 27.7 Å². The Kier molecular flexibility index (Phi) is 11.7. The van der Waals surface area contributed by atoms with Crippen molar-refractivity contribution in [2.24, 2.45) is 5.92 Å². The lowest BCUT2D eigenvalue weighted by molar-refractivity contribution is -0.143. The zero-order valence-corrected chi connectivity index (χ0v) is 21.0. The molecule has 0 fully saturated rings. The lowest BCUT2D eigenvalue weighted by Crippen LogP contribution is -2.43. The summed E-state index contributed by atoms with van der Waals surface area (Å²) in [5.41, 5.74) is -1.08. The summed E-state index contributed by atoms with van der Waals surface area (Å²) in [7, 11) is -5.71. The average molecular weight is 441 g/mol. The first-order chi connectivity index (χ1) is 12.8. The first kappa shape index (κ1) is 27.8. The highest BCUT2D eigenvalue weighted by Gasteiger charge is 2.44. The summed E-state index contributed by atoms with van der Waals surface area (Å²) in [5, 5.41) is 10.6. The minimum atomic E-state index is -3.70. The van der Waals surface area contributed by atoms with E-state index in [1.807, 2.05) is 0 Å². The van der Waals surface area contributed by atoms with Crippen molar-refractivity contribution >= 4 is 21.9 Å². The summed E-state index contributed by atoms with van der Waals surface area (Å²) < 4.78 is 35.1. The number of aliphatic hydroxyl groups excluding tert-OH is 1. The summed E-state index contributed by atoms with van der Waals surface area (Å²) in [6.07, 6.45) is -0.680. The number of aliphatic hydroxyl groups is 1. The van der Waals surface area contributed by atoms with Crippen molar-refractivity contribution in [3.8, 4) is 0 Å². The molecule has 0 rings (SSSR count). The number of carbonyl (C=O) groups excluding carboxylic acids is 1. The highest BCUT2D eigenvalue weighted by Crippen LogP contribution is 2.55. The van der Waals surface area contributed by atoms with Gasteiger partial charge < -0.3 is 23.3 Å². The number of esters is 1. The van der Waals surface area contributed by atoms with Crippen LogP contribution in [-0.4, -0.2) is 57.6 Å². The number of hydrogen-bond donors (Lipinski definition) is 1. The third-order valence-corrected chi connectivity index (χ3v) is 12.2. The van der Waals surface area contributed by atoms with Crippen molar-refractivity contribution in [3.05, 3.63) is 0 Å². The van der Waals surface area contributed by atoms with Crippen molar-refractivity contribution in [2.45, 2.75) is 84.8 Å². The zero-order valence-electron chi connectivity index (χ0n) is 19.1. The van der Waals surface area contributed by atoms with Crippen LogP contribution < -0.4 is 0 Å². The first-order valence-corrected chi connectivity index (χ1v) is 14.6. The highest BCUT2D eigenvalue weighted by atomic mass is 31.2. The molecule has 0 aliphatic rings. The lowest BCUT2D eigenvalue weighted by atomic mass is 9.99. The molecule has 168 valence electrons. The monoisotopic (exact) mass is 440 g/mol. The molecule has 28 heavy (non-hydrogen) atoms. The van der Waals surface area contributed by atoms with Crippen LogP contribution in [0.3, 0.4) is 0 Å². The normalized spacial score (nSPS) is 16.5. The molecule has 0 heterocycles. The van der Waals surface area contributed by atoms with Gasteiger partial charge in [-0.15, -0.1) is 0 Å². The molecule has 0 spiro atoms. The molecule has 0 aromatic rings. The van der Waals surface area contributed by atoms with Crippen LogP contribution in [-0.2, 0) is 27.6 Å². The Morgan fingerprint density at radius 2 is 1.57 bits per heavy atom. The zero-order chi connectivity index (χ0) is 22.2. The summed E-state index contributed by atoms with van der Waals surface area (Å²) in [6, 6.07) is 0. The van der Waals surface area contributed by atoms with Crippen LogP contribution in [0.1, 0.15) is 54.9 Å². The van der Waals surface area contributed by atoms with Crippen LogP contribution in [0.15, 0.2) is 0 Å². The molecule has 0 aromatic heterocycles. The molecule has 0 saturated carbocycles. The smallest absolute Gasteiger partial charge is 0.344 e. The van der Waals surface area contributed by atoms with E-state index in [2.05, 4.69) is 33.9 Å². The van der Waals surface area contributed by atoms with Crippen molar-refractivity contribution in [1.82, 2.24) is 0 Å². The van der Waals surface area contributed by atoms with E-state index in [-0.39, 0.29) is 43.8 Å². The van der Waals surface area contributed by atoms with Crippen LogP contribution in [0.4, 0.5) is 0 Å². The van der Waals surface area contributed by atoms with Gasteiger partial charge in [0.2, 0.25) is 0 Å². The van der Waals surface area contributed by atoms with E-state index in [4.69, 9.17) is 18.2 Å². The van der Waals surface area contributed by atoms with E-state index < -0.39 is 33.6 Å². The van der Waals surface area contributed by atoms with Crippen LogP contribution >= 0.6 is 7.60 Å². The molecule has 1 N–H and O–H groups in total. The third-order valence-electron chi connectivity index (χ3n) is 5.23. The van der Waals surface area contributed by atoms with Gasteiger partial charge in [-0.1, -0.05) is 27.7 Å². The topological polar surface area (TPSA) is 91.3 Å². The average Bonchev–Trinajstić information content (AvgIpc) is 2.56. The summed E-state index contributed by atoms with van der Waals surface area (Å²) in [5.74, 6) is -0.981. The van der Waals surface area contributed by atoms with E-state index in [9.17, 15) is 14.5 Å². The lowest BCUT2D eigenvalue weighted by Gasteiger charge is -2.37. The molecular weight excluding hydrogens is 399 g/mol. The molecule has 0 amide bonds. The van der Waals surface area contributed by atoms with Crippen molar-refractivity contribution in [3.63, 3.8) is 0 Å². The number of carbonyl (C=O) groups is 1. The standard InChI is InChI=1S/C19H41O7PSi/c1-10-23-18(21)17(27(22,24-11-2)25-12-3)13-15(4)16(20)14-26-28(8,9)19(5,6)7/h15-17,20H,10-14H2,1-9H3/t15?,16-,17?/m1/s1. The molecule has 3 atom stereocenters. The minimum absolute atomic E-state index is 0.0308. The second kappa shape index (κ2) is 11.8. The summed E-state index contributed by atoms with van der Waals surface area (Å²) in [4.78, 5) is 12.5. The third kappa shape index (κ3) is 8.25. The second-order valence-electron chi connectivity index (χ2n) is 8.49. The van der Waals surface area contributed by atoms with Crippen LogP contribution in [0, 0.1) is 5.92 Å². The van der Waals surface area contributed by atoms with Gasteiger partial charge in [0.05, 0.1) is 32.5 Å². The Morgan fingerprint density at radius 1 is 1.07 bits per heavy atom. The predicted octanol–water partition coefficient (Wildman–Crippen LogP) is 4.59. The summed E-state index contributed by atoms with van der Waals surface area (Å²) >= 11 is 0. The molecular formula is C19H41O7PSi. The van der Waals surface area contributed by atoms with Crippen molar-refractivity contribution in [1.29, 1.82) is 0 Å². The minimum Gasteiger partial charge on any atom is -0.465 e. The molecule has 0 radical (unpaired) electrons. The SMILES string of the molecule is CCOC(=O)C(CC(C)[C@H](O)CO[Si](C)(C)C(C)(C)C)P(=O)(OCC)OCC. The van der Waals surface area contributed by atoms with Gasteiger partial charge in [-0.05, 0) is 51.2 Å². The molecule has 0 aromatic carbocycles. The maximum absolute atomic E-state index is 13.2. The molecule has 2 unspecified atom stereocenters. The largest absolute Gasteiger partial charge is 0.465 e. The second-order valence-corrected chi connectivity index (χ2v) is 15.5.